The quantitative estimate of drug-likeness (QED) is 0.695. The number of nitrogens with zero attached hydrogens (tertiary/aromatic N) is 1. The van der Waals surface area contributed by atoms with Crippen molar-refractivity contribution >= 4 is 11.6 Å². The molecule has 2 bridgehead atoms. The fourth-order valence-corrected chi connectivity index (χ4v) is 3.52. The average Bonchev–Trinajstić information content (AvgIpc) is 2.75. The smallest absolute Gasteiger partial charge is 0.0531 e. The van der Waals surface area contributed by atoms with Gasteiger partial charge in [0, 0.05) is 19.1 Å². The number of benzene rings is 1. The van der Waals surface area contributed by atoms with Gasteiger partial charge in [-0.2, -0.15) is 0 Å². The summed E-state index contributed by atoms with van der Waals surface area (Å²) in [6.45, 7) is 2.28. The van der Waals surface area contributed by atoms with Crippen molar-refractivity contribution in [2.24, 2.45) is 5.92 Å². The van der Waals surface area contributed by atoms with Crippen molar-refractivity contribution in [2.45, 2.75) is 30.8 Å². The number of piperidine rings is 1. The maximum atomic E-state index is 6.39. The first-order valence-electron chi connectivity index (χ1n) is 5.76. The van der Waals surface area contributed by atoms with Crippen molar-refractivity contribution in [3.8, 4) is 0 Å². The van der Waals surface area contributed by atoms with E-state index in [0.717, 1.165) is 12.5 Å². The van der Waals surface area contributed by atoms with E-state index < -0.39 is 0 Å². The molecule has 2 aliphatic rings. The molecule has 1 saturated carbocycles. The highest BCUT2D eigenvalue weighted by Crippen LogP contribution is 2.41. The first kappa shape index (κ1) is 9.68. The molecule has 1 aliphatic carbocycles. The normalized spacial score (nSPS) is 34.9. The number of hydrogen-bond donors (Lipinski definition) is 0. The van der Waals surface area contributed by atoms with E-state index in [1.54, 1.807) is 0 Å². The summed E-state index contributed by atoms with van der Waals surface area (Å²) in [5.74, 6) is 0.750. The minimum absolute atomic E-state index is 0.411. The van der Waals surface area contributed by atoms with Gasteiger partial charge in [0.05, 0.1) is 5.38 Å². The Hall–Kier alpha value is -0.530. The predicted molar refractivity (Wildman–Crippen MR) is 63.0 cm³/mol. The zero-order valence-electron chi connectivity index (χ0n) is 8.77. The van der Waals surface area contributed by atoms with Crippen LogP contribution in [0.25, 0.3) is 0 Å². The lowest BCUT2D eigenvalue weighted by Gasteiger charge is -2.26. The summed E-state index contributed by atoms with van der Waals surface area (Å²) in [5.41, 5.74) is 1.41. The molecule has 0 N–H and O–H groups in total. The van der Waals surface area contributed by atoms with Crippen LogP contribution < -0.4 is 0 Å². The molecule has 2 fully saturated rings. The zero-order chi connectivity index (χ0) is 10.3. The van der Waals surface area contributed by atoms with E-state index in [0.29, 0.717) is 11.4 Å². The van der Waals surface area contributed by atoms with Gasteiger partial charge in [-0.1, -0.05) is 30.3 Å². The van der Waals surface area contributed by atoms with Crippen LogP contribution in [0.2, 0.25) is 0 Å². The van der Waals surface area contributed by atoms with Gasteiger partial charge in [-0.05, 0) is 24.3 Å². The van der Waals surface area contributed by atoms with E-state index in [1.165, 1.54) is 24.9 Å². The second kappa shape index (κ2) is 3.80. The highest BCUT2D eigenvalue weighted by atomic mass is 35.5. The summed E-state index contributed by atoms with van der Waals surface area (Å²) in [7, 11) is 0. The predicted octanol–water partition coefficient (Wildman–Crippen LogP) is 2.89. The Kier molecular flexibility index (Phi) is 2.45. The molecular formula is C13H16ClN. The van der Waals surface area contributed by atoms with Gasteiger partial charge in [-0.25, -0.2) is 0 Å². The van der Waals surface area contributed by atoms with E-state index in [4.69, 9.17) is 11.6 Å². The number of hydrogen-bond acceptors (Lipinski definition) is 1. The van der Waals surface area contributed by atoms with Crippen LogP contribution in [-0.4, -0.2) is 22.9 Å². The SMILES string of the molecule is Cl[C@H]1[C@H]2CC[C@H]1N(Cc1ccccc1)C2. The molecule has 15 heavy (non-hydrogen) atoms. The highest BCUT2D eigenvalue weighted by Gasteiger charge is 2.45. The van der Waals surface area contributed by atoms with Gasteiger partial charge < -0.3 is 0 Å². The Bertz CT molecular complexity index is 338. The monoisotopic (exact) mass is 221 g/mol. The molecule has 1 nitrogen and oxygen atoms in total. The molecule has 0 amide bonds. The molecular weight excluding hydrogens is 206 g/mol. The summed E-state index contributed by atoms with van der Waals surface area (Å²) in [5, 5.41) is 0.411. The van der Waals surface area contributed by atoms with Crippen LogP contribution in [0, 0.1) is 5.92 Å². The second-order valence-electron chi connectivity index (χ2n) is 4.76. The van der Waals surface area contributed by atoms with Crippen molar-refractivity contribution in [3.63, 3.8) is 0 Å². The molecule has 0 radical (unpaired) electrons. The highest BCUT2D eigenvalue weighted by molar-refractivity contribution is 6.21. The zero-order valence-corrected chi connectivity index (χ0v) is 9.53. The Morgan fingerprint density at radius 3 is 2.60 bits per heavy atom. The third-order valence-corrected chi connectivity index (χ3v) is 4.46. The van der Waals surface area contributed by atoms with Crippen LogP contribution in [0.1, 0.15) is 18.4 Å². The number of fused-ring (bicyclic) bond motifs is 2. The molecule has 1 aromatic rings. The average molecular weight is 222 g/mol. The molecule has 3 atom stereocenters. The van der Waals surface area contributed by atoms with E-state index in [9.17, 15) is 0 Å². The van der Waals surface area contributed by atoms with E-state index >= 15 is 0 Å². The minimum Gasteiger partial charge on any atom is -0.294 e. The second-order valence-corrected chi connectivity index (χ2v) is 5.27. The van der Waals surface area contributed by atoms with Gasteiger partial charge >= 0.3 is 0 Å². The van der Waals surface area contributed by atoms with Gasteiger partial charge in [-0.15, -0.1) is 11.6 Å². The molecule has 2 heteroatoms. The largest absolute Gasteiger partial charge is 0.294 e. The molecule has 1 saturated heterocycles. The summed E-state index contributed by atoms with van der Waals surface area (Å²) in [6.07, 6.45) is 2.63. The fourth-order valence-electron chi connectivity index (χ4n) is 3.03. The van der Waals surface area contributed by atoms with Crippen molar-refractivity contribution in [3.05, 3.63) is 35.9 Å². The van der Waals surface area contributed by atoms with Crippen molar-refractivity contribution in [1.29, 1.82) is 0 Å². The topological polar surface area (TPSA) is 3.24 Å². The Morgan fingerprint density at radius 1 is 1.20 bits per heavy atom. The first-order valence-corrected chi connectivity index (χ1v) is 6.20. The Morgan fingerprint density at radius 2 is 2.00 bits per heavy atom. The molecule has 0 spiro atoms. The lowest BCUT2D eigenvalue weighted by Crippen LogP contribution is -2.32. The van der Waals surface area contributed by atoms with Gasteiger partial charge in [-0.3, -0.25) is 4.90 Å². The molecule has 0 aromatic heterocycles. The lowest BCUT2D eigenvalue weighted by atomic mass is 10.1. The van der Waals surface area contributed by atoms with Gasteiger partial charge in [0.2, 0.25) is 0 Å². The van der Waals surface area contributed by atoms with Crippen LogP contribution in [0.4, 0.5) is 0 Å². The summed E-state index contributed by atoms with van der Waals surface area (Å²) >= 11 is 6.39. The summed E-state index contributed by atoms with van der Waals surface area (Å²) in [4.78, 5) is 2.56. The fraction of sp³-hybridized carbons (Fsp3) is 0.538. The van der Waals surface area contributed by atoms with Gasteiger partial charge in [0.1, 0.15) is 0 Å². The molecule has 3 rings (SSSR count). The summed E-state index contributed by atoms with van der Waals surface area (Å²) in [6, 6.07) is 11.3. The minimum atomic E-state index is 0.411. The number of rotatable bonds is 2. The van der Waals surface area contributed by atoms with Crippen molar-refractivity contribution < 1.29 is 0 Å². The number of alkyl halides is 1. The molecule has 1 aromatic carbocycles. The maximum absolute atomic E-state index is 6.39. The van der Waals surface area contributed by atoms with Crippen LogP contribution in [-0.2, 0) is 6.54 Å². The number of halogens is 1. The number of likely N-dealkylation sites (tertiary alicyclic amines) is 1. The van der Waals surface area contributed by atoms with Crippen LogP contribution >= 0.6 is 11.6 Å². The molecule has 1 heterocycles. The molecule has 1 aliphatic heterocycles. The van der Waals surface area contributed by atoms with Crippen LogP contribution in [0.3, 0.4) is 0 Å². The summed E-state index contributed by atoms with van der Waals surface area (Å²) < 4.78 is 0. The lowest BCUT2D eigenvalue weighted by molar-refractivity contribution is 0.205. The third-order valence-electron chi connectivity index (χ3n) is 3.82. The standard InChI is InChI=1S/C13H16ClN/c14-13-11-6-7-12(13)15(9-11)8-10-4-2-1-3-5-10/h1-5,11-13H,6-9H2/t11-,12+,13-/m0/s1. The van der Waals surface area contributed by atoms with Crippen LogP contribution in [0.15, 0.2) is 30.3 Å². The van der Waals surface area contributed by atoms with Gasteiger partial charge in [0.25, 0.3) is 0 Å². The maximum Gasteiger partial charge on any atom is 0.0531 e. The Labute approximate surface area is 96.0 Å². The van der Waals surface area contributed by atoms with Crippen LogP contribution in [0.5, 0.6) is 0 Å². The van der Waals surface area contributed by atoms with Crippen molar-refractivity contribution in [1.82, 2.24) is 4.90 Å². The third kappa shape index (κ3) is 1.68. The van der Waals surface area contributed by atoms with Crippen molar-refractivity contribution in [2.75, 3.05) is 6.54 Å². The Balaban J connectivity index is 1.71. The first-order chi connectivity index (χ1) is 7.34. The van der Waals surface area contributed by atoms with E-state index in [1.807, 2.05) is 0 Å². The van der Waals surface area contributed by atoms with Gasteiger partial charge in [0.15, 0.2) is 0 Å². The molecule has 80 valence electrons. The van der Waals surface area contributed by atoms with E-state index in [-0.39, 0.29) is 0 Å². The van der Waals surface area contributed by atoms with E-state index in [2.05, 4.69) is 35.2 Å². The molecule has 0 unspecified atom stereocenters.